The van der Waals surface area contributed by atoms with Crippen molar-refractivity contribution in [3.05, 3.63) is 35.0 Å². The highest BCUT2D eigenvalue weighted by Gasteiger charge is 2.13. The van der Waals surface area contributed by atoms with Crippen LogP contribution >= 0.6 is 23.1 Å². The normalized spacial score (nSPS) is 10.0. The fourth-order valence-electron chi connectivity index (χ4n) is 1.32. The molecule has 1 rings (SSSR count). The molecule has 1 heterocycles. The van der Waals surface area contributed by atoms with Crippen LogP contribution in [0.2, 0.25) is 0 Å². The highest BCUT2D eigenvalue weighted by Crippen LogP contribution is 2.13. The number of thiophene rings is 1. The molecule has 0 aliphatic carbocycles. The molecular weight excluding hydrogens is 270 g/mol. The third-order valence-electron chi connectivity index (χ3n) is 2.08. The van der Waals surface area contributed by atoms with Crippen molar-refractivity contribution in [3.63, 3.8) is 0 Å². The molecule has 0 aliphatic heterocycles. The number of hydrogen-bond donors (Lipinski definition) is 1. The summed E-state index contributed by atoms with van der Waals surface area (Å²) in [6.07, 6.45) is 1.67. The lowest BCUT2D eigenvalue weighted by Crippen LogP contribution is -2.32. The van der Waals surface area contributed by atoms with Crippen LogP contribution in [0, 0.1) is 0 Å². The summed E-state index contributed by atoms with van der Waals surface area (Å²) in [5.41, 5.74) is 0. The molecule has 0 saturated carbocycles. The minimum atomic E-state index is -0.902. The first-order valence-corrected chi connectivity index (χ1v) is 7.37. The number of hydrogen-bond acceptors (Lipinski definition) is 4. The maximum Gasteiger partial charge on any atom is 0.313 e. The van der Waals surface area contributed by atoms with Gasteiger partial charge >= 0.3 is 5.97 Å². The molecule has 1 amide bonds. The van der Waals surface area contributed by atoms with Crippen molar-refractivity contribution in [2.45, 2.75) is 6.54 Å². The molecule has 0 aliphatic rings. The number of carbonyl (C=O) groups is 2. The second kappa shape index (κ2) is 7.94. The van der Waals surface area contributed by atoms with Gasteiger partial charge in [0, 0.05) is 11.4 Å². The second-order valence-corrected chi connectivity index (χ2v) is 5.55. The highest BCUT2D eigenvalue weighted by atomic mass is 32.2. The number of carboxylic acid groups (broad SMARTS) is 1. The van der Waals surface area contributed by atoms with Gasteiger partial charge in [0.05, 0.1) is 18.1 Å². The van der Waals surface area contributed by atoms with E-state index in [0.717, 1.165) is 16.6 Å². The molecule has 1 N–H and O–H groups in total. The van der Waals surface area contributed by atoms with Crippen molar-refractivity contribution in [2.24, 2.45) is 0 Å². The maximum absolute atomic E-state index is 11.9. The van der Waals surface area contributed by atoms with Crippen molar-refractivity contribution in [2.75, 3.05) is 18.1 Å². The monoisotopic (exact) mass is 285 g/mol. The molecule has 0 unspecified atom stereocenters. The topological polar surface area (TPSA) is 57.6 Å². The highest BCUT2D eigenvalue weighted by molar-refractivity contribution is 8.00. The first kappa shape index (κ1) is 14.8. The molecule has 4 nitrogen and oxygen atoms in total. The Bertz CT molecular complexity index is 403. The zero-order valence-corrected chi connectivity index (χ0v) is 11.5. The SMILES string of the molecule is C=CCN(Cc1cccs1)C(=O)CSCC(=O)O. The van der Waals surface area contributed by atoms with E-state index in [1.165, 1.54) is 0 Å². The number of nitrogens with zero attached hydrogens (tertiary/aromatic N) is 1. The number of aliphatic carboxylic acids is 1. The summed E-state index contributed by atoms with van der Waals surface area (Å²) in [7, 11) is 0. The molecule has 98 valence electrons. The van der Waals surface area contributed by atoms with Gasteiger partial charge in [0.25, 0.3) is 0 Å². The predicted molar refractivity (Wildman–Crippen MR) is 74.9 cm³/mol. The zero-order valence-electron chi connectivity index (χ0n) is 9.87. The quantitative estimate of drug-likeness (QED) is 0.743. The van der Waals surface area contributed by atoms with Crippen molar-refractivity contribution in [3.8, 4) is 0 Å². The molecule has 0 radical (unpaired) electrons. The Labute approximate surface area is 114 Å². The molecule has 0 spiro atoms. The third-order valence-corrected chi connectivity index (χ3v) is 3.84. The second-order valence-electron chi connectivity index (χ2n) is 3.53. The van der Waals surface area contributed by atoms with Gasteiger partial charge in [-0.1, -0.05) is 12.1 Å². The largest absolute Gasteiger partial charge is 0.481 e. The van der Waals surface area contributed by atoms with Gasteiger partial charge in [-0.3, -0.25) is 9.59 Å². The van der Waals surface area contributed by atoms with Crippen LogP contribution in [0.1, 0.15) is 4.88 Å². The average molecular weight is 285 g/mol. The molecular formula is C12H15NO3S2. The van der Waals surface area contributed by atoms with Crippen molar-refractivity contribution in [1.29, 1.82) is 0 Å². The van der Waals surface area contributed by atoms with Gasteiger partial charge in [-0.15, -0.1) is 29.7 Å². The summed E-state index contributed by atoms with van der Waals surface area (Å²) >= 11 is 2.71. The van der Waals surface area contributed by atoms with Crippen molar-refractivity contribution >= 4 is 35.0 Å². The standard InChI is InChI=1S/C12H15NO3S2/c1-2-5-13(7-10-4-3-6-18-10)11(14)8-17-9-12(15)16/h2-4,6H,1,5,7-9H2,(H,15,16). The van der Waals surface area contributed by atoms with E-state index in [9.17, 15) is 9.59 Å². The summed E-state index contributed by atoms with van der Waals surface area (Å²) in [6.45, 7) is 4.66. The molecule has 0 bridgehead atoms. The predicted octanol–water partition coefficient (Wildman–Crippen LogP) is 2.08. The third kappa shape index (κ3) is 5.37. The molecule has 0 fully saturated rings. The van der Waals surface area contributed by atoms with Crippen LogP contribution in [0.4, 0.5) is 0 Å². The van der Waals surface area contributed by atoms with Crippen LogP contribution in [0.5, 0.6) is 0 Å². The Kier molecular flexibility index (Phi) is 6.53. The van der Waals surface area contributed by atoms with Crippen LogP contribution in [-0.2, 0) is 16.1 Å². The van der Waals surface area contributed by atoms with Gasteiger partial charge in [-0.2, -0.15) is 0 Å². The molecule has 18 heavy (non-hydrogen) atoms. The number of amides is 1. The minimum absolute atomic E-state index is 0.0489. The summed E-state index contributed by atoms with van der Waals surface area (Å²) in [6, 6.07) is 3.91. The Morgan fingerprint density at radius 3 is 2.83 bits per heavy atom. The first-order valence-electron chi connectivity index (χ1n) is 5.34. The Morgan fingerprint density at radius 1 is 1.50 bits per heavy atom. The molecule has 0 saturated heterocycles. The summed E-state index contributed by atoms with van der Waals surface area (Å²) < 4.78 is 0. The van der Waals surface area contributed by atoms with E-state index < -0.39 is 5.97 Å². The molecule has 0 aromatic carbocycles. The molecule has 6 heteroatoms. The Hall–Kier alpha value is -1.27. The molecule has 0 atom stereocenters. The lowest BCUT2D eigenvalue weighted by atomic mass is 10.4. The van der Waals surface area contributed by atoms with Crippen LogP contribution in [-0.4, -0.2) is 39.9 Å². The van der Waals surface area contributed by atoms with Crippen LogP contribution < -0.4 is 0 Å². The molecule has 1 aromatic heterocycles. The van der Waals surface area contributed by atoms with Crippen LogP contribution in [0.25, 0.3) is 0 Å². The lowest BCUT2D eigenvalue weighted by molar-refractivity contribution is -0.133. The molecule has 1 aromatic rings. The van der Waals surface area contributed by atoms with Crippen molar-refractivity contribution < 1.29 is 14.7 Å². The van der Waals surface area contributed by atoms with Gasteiger partial charge in [-0.25, -0.2) is 0 Å². The van der Waals surface area contributed by atoms with E-state index in [1.807, 2.05) is 17.5 Å². The summed E-state index contributed by atoms with van der Waals surface area (Å²) in [5.74, 6) is -0.825. The lowest BCUT2D eigenvalue weighted by Gasteiger charge is -2.20. The Balaban J connectivity index is 2.47. The van der Waals surface area contributed by atoms with Gasteiger partial charge in [0.2, 0.25) is 5.91 Å². The fraction of sp³-hybridized carbons (Fsp3) is 0.333. The number of carboxylic acids is 1. The van der Waals surface area contributed by atoms with E-state index in [2.05, 4.69) is 6.58 Å². The fourth-order valence-corrected chi connectivity index (χ4v) is 2.67. The number of thioether (sulfide) groups is 1. The number of carbonyl (C=O) groups excluding carboxylic acids is 1. The van der Waals surface area contributed by atoms with Gasteiger partial charge in [-0.05, 0) is 11.4 Å². The average Bonchev–Trinajstić information content (AvgIpc) is 2.80. The van der Waals surface area contributed by atoms with Crippen LogP contribution in [0.3, 0.4) is 0 Å². The zero-order chi connectivity index (χ0) is 13.4. The van der Waals surface area contributed by atoms with E-state index in [0.29, 0.717) is 13.1 Å². The van der Waals surface area contributed by atoms with E-state index >= 15 is 0 Å². The Morgan fingerprint density at radius 2 is 2.28 bits per heavy atom. The summed E-state index contributed by atoms with van der Waals surface area (Å²) in [4.78, 5) is 25.1. The summed E-state index contributed by atoms with van der Waals surface area (Å²) in [5, 5.41) is 10.5. The van der Waals surface area contributed by atoms with E-state index in [1.54, 1.807) is 22.3 Å². The minimum Gasteiger partial charge on any atom is -0.481 e. The van der Waals surface area contributed by atoms with E-state index in [4.69, 9.17) is 5.11 Å². The number of rotatable bonds is 8. The van der Waals surface area contributed by atoms with Gasteiger partial charge in [0.1, 0.15) is 0 Å². The smallest absolute Gasteiger partial charge is 0.313 e. The van der Waals surface area contributed by atoms with E-state index in [-0.39, 0.29) is 17.4 Å². The van der Waals surface area contributed by atoms with Crippen molar-refractivity contribution in [1.82, 2.24) is 4.90 Å². The first-order chi connectivity index (χ1) is 8.63. The van der Waals surface area contributed by atoms with Gasteiger partial charge in [0.15, 0.2) is 0 Å². The van der Waals surface area contributed by atoms with Gasteiger partial charge < -0.3 is 10.0 Å². The maximum atomic E-state index is 11.9. The van der Waals surface area contributed by atoms with Crippen LogP contribution in [0.15, 0.2) is 30.2 Å².